The van der Waals surface area contributed by atoms with Crippen molar-refractivity contribution in [3.05, 3.63) is 0 Å². The van der Waals surface area contributed by atoms with E-state index in [1.165, 1.54) is 25.9 Å². The first-order valence-electron chi connectivity index (χ1n) is 4.29. The summed E-state index contributed by atoms with van der Waals surface area (Å²) < 4.78 is 5.42. The quantitative estimate of drug-likeness (QED) is 0.367. The molecule has 0 aromatic rings. The van der Waals surface area contributed by atoms with Crippen molar-refractivity contribution >= 4 is 15.9 Å². The minimum atomic E-state index is 0.919. The van der Waals surface area contributed by atoms with Gasteiger partial charge in [0.2, 0.25) is 0 Å². The van der Waals surface area contributed by atoms with E-state index in [4.69, 9.17) is 4.74 Å². The Bertz CT molecular complexity index is 96.1. The lowest BCUT2D eigenvalue weighted by molar-refractivity contribution is 0.124. The van der Waals surface area contributed by atoms with Crippen LogP contribution in [0.2, 0.25) is 0 Å². The van der Waals surface area contributed by atoms with Crippen molar-refractivity contribution in [1.29, 1.82) is 0 Å². The van der Waals surface area contributed by atoms with E-state index in [-0.39, 0.29) is 0 Å². The van der Waals surface area contributed by atoms with Crippen LogP contribution >= 0.6 is 15.9 Å². The smallest absolute Gasteiger partial charge is 0.0593 e. The van der Waals surface area contributed by atoms with Crippen molar-refractivity contribution < 1.29 is 4.74 Å². The zero-order valence-corrected chi connectivity index (χ0v) is 8.48. The zero-order valence-electron chi connectivity index (χ0n) is 6.89. The molecule has 0 amide bonds. The number of unbranched alkanes of at least 4 members (excludes halogenated alkanes) is 1. The van der Waals surface area contributed by atoms with Crippen LogP contribution in [0.15, 0.2) is 0 Å². The molecule has 0 radical (unpaired) electrons. The average Bonchev–Trinajstić information content (AvgIpc) is 2.80. The highest BCUT2D eigenvalue weighted by atomic mass is 79.9. The first-order valence-corrected chi connectivity index (χ1v) is 5.41. The van der Waals surface area contributed by atoms with Gasteiger partial charge in [-0.05, 0) is 12.8 Å². The maximum atomic E-state index is 5.42. The highest BCUT2D eigenvalue weighted by Crippen LogP contribution is 2.01. The van der Waals surface area contributed by atoms with Gasteiger partial charge in [0, 0.05) is 31.6 Å². The van der Waals surface area contributed by atoms with Crippen molar-refractivity contribution in [3.8, 4) is 0 Å². The molecule has 0 bridgehead atoms. The second-order valence-electron chi connectivity index (χ2n) is 2.85. The van der Waals surface area contributed by atoms with E-state index in [0.29, 0.717) is 0 Å². The standard InChI is InChI=1S/C8H16BrNO/c9-3-1-2-7-11-8-6-10-4-5-10/h1-8H2. The molecule has 66 valence electrons. The average molecular weight is 222 g/mol. The summed E-state index contributed by atoms with van der Waals surface area (Å²) >= 11 is 3.39. The Kier molecular flexibility index (Phi) is 5.15. The summed E-state index contributed by atoms with van der Waals surface area (Å²) in [5.74, 6) is 0. The molecule has 0 N–H and O–H groups in total. The van der Waals surface area contributed by atoms with E-state index in [2.05, 4.69) is 20.8 Å². The Labute approximate surface area is 77.0 Å². The van der Waals surface area contributed by atoms with E-state index in [9.17, 15) is 0 Å². The van der Waals surface area contributed by atoms with Gasteiger partial charge in [-0.1, -0.05) is 15.9 Å². The molecule has 1 aliphatic rings. The van der Waals surface area contributed by atoms with E-state index in [1.807, 2.05) is 0 Å². The Balaban J connectivity index is 1.66. The number of nitrogens with zero attached hydrogens (tertiary/aromatic N) is 1. The van der Waals surface area contributed by atoms with Crippen LogP contribution in [0.3, 0.4) is 0 Å². The van der Waals surface area contributed by atoms with Crippen LogP contribution in [0.25, 0.3) is 0 Å². The van der Waals surface area contributed by atoms with Crippen molar-refractivity contribution in [2.75, 3.05) is 38.2 Å². The Hall–Kier alpha value is 0.400. The summed E-state index contributed by atoms with van der Waals surface area (Å²) in [6.07, 6.45) is 2.41. The molecular weight excluding hydrogens is 206 g/mol. The molecule has 0 aromatic carbocycles. The molecule has 1 rings (SSSR count). The van der Waals surface area contributed by atoms with Crippen LogP contribution in [0.5, 0.6) is 0 Å². The number of ether oxygens (including phenoxy) is 1. The Morgan fingerprint density at radius 2 is 2.00 bits per heavy atom. The summed E-state index contributed by atoms with van der Waals surface area (Å²) in [7, 11) is 0. The molecule has 2 nitrogen and oxygen atoms in total. The summed E-state index contributed by atoms with van der Waals surface area (Å²) in [4.78, 5) is 2.38. The van der Waals surface area contributed by atoms with E-state index in [0.717, 1.165) is 25.1 Å². The van der Waals surface area contributed by atoms with Gasteiger partial charge in [-0.3, -0.25) is 4.90 Å². The van der Waals surface area contributed by atoms with Gasteiger partial charge in [0.1, 0.15) is 0 Å². The molecule has 0 spiro atoms. The Morgan fingerprint density at radius 1 is 1.18 bits per heavy atom. The zero-order chi connectivity index (χ0) is 7.94. The van der Waals surface area contributed by atoms with Crippen molar-refractivity contribution in [2.45, 2.75) is 12.8 Å². The molecule has 1 aliphatic heterocycles. The number of halogens is 1. The molecule has 0 aromatic heterocycles. The molecule has 0 saturated carbocycles. The topological polar surface area (TPSA) is 12.2 Å². The molecule has 11 heavy (non-hydrogen) atoms. The maximum absolute atomic E-state index is 5.42. The lowest BCUT2D eigenvalue weighted by atomic mass is 10.4. The fourth-order valence-electron chi connectivity index (χ4n) is 0.889. The lowest BCUT2D eigenvalue weighted by Crippen LogP contribution is -2.08. The fourth-order valence-corrected chi connectivity index (χ4v) is 1.29. The third-order valence-corrected chi connectivity index (χ3v) is 2.32. The predicted octanol–water partition coefficient (Wildman–Crippen LogP) is 1.49. The van der Waals surface area contributed by atoms with E-state index in [1.54, 1.807) is 0 Å². The summed E-state index contributed by atoms with van der Waals surface area (Å²) in [5, 5.41) is 1.10. The molecule has 3 heteroatoms. The van der Waals surface area contributed by atoms with Gasteiger partial charge in [-0.15, -0.1) is 0 Å². The molecule has 1 heterocycles. The molecule has 1 fully saturated rings. The number of rotatable bonds is 7. The number of hydrogen-bond donors (Lipinski definition) is 0. The highest BCUT2D eigenvalue weighted by Gasteiger charge is 2.15. The highest BCUT2D eigenvalue weighted by molar-refractivity contribution is 9.09. The van der Waals surface area contributed by atoms with Gasteiger partial charge in [-0.2, -0.15) is 0 Å². The molecule has 0 unspecified atom stereocenters. The normalized spacial score (nSPS) is 17.2. The van der Waals surface area contributed by atoms with Crippen LogP contribution in [0.4, 0.5) is 0 Å². The maximum Gasteiger partial charge on any atom is 0.0593 e. The van der Waals surface area contributed by atoms with E-state index >= 15 is 0 Å². The SMILES string of the molecule is BrCCCCOCCN1CC1. The van der Waals surface area contributed by atoms with Crippen LogP contribution in [0.1, 0.15) is 12.8 Å². The summed E-state index contributed by atoms with van der Waals surface area (Å²) in [6.45, 7) is 5.55. The van der Waals surface area contributed by atoms with Gasteiger partial charge in [-0.25, -0.2) is 0 Å². The third kappa shape index (κ3) is 5.65. The van der Waals surface area contributed by atoms with Crippen molar-refractivity contribution in [2.24, 2.45) is 0 Å². The Morgan fingerprint density at radius 3 is 2.64 bits per heavy atom. The predicted molar refractivity (Wildman–Crippen MR) is 50.3 cm³/mol. The first kappa shape index (κ1) is 9.49. The van der Waals surface area contributed by atoms with Crippen molar-refractivity contribution in [3.63, 3.8) is 0 Å². The summed E-state index contributed by atoms with van der Waals surface area (Å²) in [6, 6.07) is 0. The van der Waals surface area contributed by atoms with Crippen LogP contribution < -0.4 is 0 Å². The van der Waals surface area contributed by atoms with Gasteiger partial charge >= 0.3 is 0 Å². The largest absolute Gasteiger partial charge is 0.380 e. The molecule has 0 aliphatic carbocycles. The minimum absolute atomic E-state index is 0.919. The minimum Gasteiger partial charge on any atom is -0.380 e. The van der Waals surface area contributed by atoms with Gasteiger partial charge in [0.05, 0.1) is 6.61 Å². The van der Waals surface area contributed by atoms with E-state index < -0.39 is 0 Å². The van der Waals surface area contributed by atoms with Crippen molar-refractivity contribution in [1.82, 2.24) is 4.90 Å². The fraction of sp³-hybridized carbons (Fsp3) is 1.00. The van der Waals surface area contributed by atoms with Gasteiger partial charge in [0.25, 0.3) is 0 Å². The van der Waals surface area contributed by atoms with Crippen LogP contribution in [-0.2, 0) is 4.74 Å². The summed E-state index contributed by atoms with van der Waals surface area (Å²) in [5.41, 5.74) is 0. The first-order chi connectivity index (χ1) is 5.43. The van der Waals surface area contributed by atoms with Gasteiger partial charge < -0.3 is 4.74 Å². The molecule has 0 atom stereocenters. The number of alkyl halides is 1. The number of hydrogen-bond acceptors (Lipinski definition) is 2. The monoisotopic (exact) mass is 221 g/mol. The third-order valence-electron chi connectivity index (χ3n) is 1.76. The van der Waals surface area contributed by atoms with Crippen LogP contribution in [0, 0.1) is 0 Å². The molecular formula is C8H16BrNO. The van der Waals surface area contributed by atoms with Gasteiger partial charge in [0.15, 0.2) is 0 Å². The molecule has 1 saturated heterocycles. The second-order valence-corrected chi connectivity index (χ2v) is 3.64. The van der Waals surface area contributed by atoms with Crippen LogP contribution in [-0.4, -0.2) is 43.1 Å². The second kappa shape index (κ2) is 5.98. The lowest BCUT2D eigenvalue weighted by Gasteiger charge is -2.02.